The van der Waals surface area contributed by atoms with Crippen molar-refractivity contribution < 1.29 is 32.3 Å². The summed E-state index contributed by atoms with van der Waals surface area (Å²) >= 11 is 0. The zero-order valence-corrected chi connectivity index (χ0v) is 14.4. The van der Waals surface area contributed by atoms with Gasteiger partial charge in [-0.05, 0) is 36.4 Å². The fourth-order valence-electron chi connectivity index (χ4n) is 2.85. The Morgan fingerprint density at radius 1 is 1.18 bits per heavy atom. The van der Waals surface area contributed by atoms with Crippen molar-refractivity contribution in [1.82, 2.24) is 0 Å². The summed E-state index contributed by atoms with van der Waals surface area (Å²) in [6.07, 6.45) is -5.10. The molecule has 0 aliphatic carbocycles. The fourth-order valence-corrected chi connectivity index (χ4v) is 2.85. The molecule has 3 rings (SSSR count). The monoisotopic (exact) mass is 392 g/mol. The Bertz CT molecular complexity index is 897. The second kappa shape index (κ2) is 7.71. The number of ether oxygens (including phenoxy) is 1. The third-order valence-electron chi connectivity index (χ3n) is 4.15. The van der Waals surface area contributed by atoms with Gasteiger partial charge in [-0.15, -0.1) is 0 Å². The van der Waals surface area contributed by atoms with E-state index in [-0.39, 0.29) is 17.1 Å². The Hall–Kier alpha value is -3.36. The van der Waals surface area contributed by atoms with E-state index in [9.17, 15) is 27.6 Å². The number of nitrogens with zero attached hydrogens (tertiary/aromatic N) is 1. The maximum Gasteiger partial charge on any atom is 0.409 e. The molecule has 1 atom stereocenters. The number of rotatable bonds is 4. The van der Waals surface area contributed by atoms with E-state index in [1.54, 1.807) is 6.07 Å². The van der Waals surface area contributed by atoms with E-state index in [0.717, 1.165) is 0 Å². The summed E-state index contributed by atoms with van der Waals surface area (Å²) in [6.45, 7) is -0.671. The Balaban J connectivity index is 1.89. The lowest BCUT2D eigenvalue weighted by Gasteiger charge is -2.31. The molecule has 2 amide bonds. The first-order valence-electron chi connectivity index (χ1n) is 8.25. The number of anilines is 2. The number of benzene rings is 2. The fraction of sp³-hybridized carbons (Fsp3) is 0.211. The highest BCUT2D eigenvalue weighted by Crippen LogP contribution is 2.37. The van der Waals surface area contributed by atoms with Crippen molar-refractivity contribution in [3.8, 4) is 5.75 Å². The molecule has 28 heavy (non-hydrogen) atoms. The Labute approximate surface area is 157 Å². The summed E-state index contributed by atoms with van der Waals surface area (Å²) in [6, 6.07) is 9.22. The first kappa shape index (κ1) is 19.4. The molecule has 9 heteroatoms. The van der Waals surface area contributed by atoms with Crippen molar-refractivity contribution in [3.05, 3.63) is 54.1 Å². The molecular formula is C19H15F3N2O4. The van der Waals surface area contributed by atoms with E-state index in [4.69, 9.17) is 4.74 Å². The Morgan fingerprint density at radius 3 is 2.50 bits per heavy atom. The molecule has 2 aromatic rings. The van der Waals surface area contributed by atoms with Gasteiger partial charge in [-0.25, -0.2) is 0 Å². The third kappa shape index (κ3) is 4.13. The highest BCUT2D eigenvalue weighted by atomic mass is 19.4. The topological polar surface area (TPSA) is 75.7 Å². The van der Waals surface area contributed by atoms with Gasteiger partial charge in [0.25, 0.3) is 5.91 Å². The summed E-state index contributed by atoms with van der Waals surface area (Å²) < 4.78 is 46.1. The number of alkyl halides is 3. The number of halogens is 3. The maximum absolute atomic E-state index is 13.6. The second-order valence-corrected chi connectivity index (χ2v) is 6.07. The van der Waals surface area contributed by atoms with Gasteiger partial charge in [-0.2, -0.15) is 13.2 Å². The van der Waals surface area contributed by atoms with Crippen molar-refractivity contribution >= 4 is 29.5 Å². The first-order valence-corrected chi connectivity index (χ1v) is 8.25. The molecule has 0 aromatic heterocycles. The summed E-state index contributed by atoms with van der Waals surface area (Å²) in [7, 11) is 0. The van der Waals surface area contributed by atoms with Crippen LogP contribution in [0.4, 0.5) is 24.5 Å². The lowest BCUT2D eigenvalue weighted by molar-refractivity contribution is -0.158. The van der Waals surface area contributed by atoms with Crippen molar-refractivity contribution in [2.24, 2.45) is 0 Å². The number of fused-ring (bicyclic) bond motifs is 1. The lowest BCUT2D eigenvalue weighted by atomic mass is 10.1. The van der Waals surface area contributed by atoms with Gasteiger partial charge in [0.15, 0.2) is 6.61 Å². The van der Waals surface area contributed by atoms with Gasteiger partial charge in [0, 0.05) is 5.56 Å². The minimum Gasteiger partial charge on any atom is -0.484 e. The van der Waals surface area contributed by atoms with Crippen LogP contribution in [0.3, 0.4) is 0 Å². The third-order valence-corrected chi connectivity index (χ3v) is 4.15. The van der Waals surface area contributed by atoms with Crippen LogP contribution in [-0.2, 0) is 9.59 Å². The number of hydrogen-bond donors (Lipinski definition) is 1. The number of para-hydroxylation sites is 2. The van der Waals surface area contributed by atoms with Crippen LogP contribution in [0.15, 0.2) is 48.5 Å². The molecule has 0 radical (unpaired) electrons. The molecule has 0 spiro atoms. The molecular weight excluding hydrogens is 377 g/mol. The molecule has 2 aromatic carbocycles. The average molecular weight is 392 g/mol. The van der Waals surface area contributed by atoms with Crippen molar-refractivity contribution in [3.63, 3.8) is 0 Å². The highest BCUT2D eigenvalue weighted by Gasteiger charge is 2.49. The standard InChI is InChI=1S/C19H15F3N2O4/c20-19(21,22)16-9-17(26)23-14-3-1-2-4-15(14)24(16)18(27)11-28-13-7-5-12(10-25)6-8-13/h1-8,10,16H,9,11H2,(H,23,26). The number of carbonyl (C=O) groups is 3. The van der Waals surface area contributed by atoms with Gasteiger partial charge in [-0.3, -0.25) is 19.3 Å². The van der Waals surface area contributed by atoms with Crippen LogP contribution in [0, 0.1) is 0 Å². The van der Waals surface area contributed by atoms with Crippen LogP contribution in [0.25, 0.3) is 0 Å². The lowest BCUT2D eigenvalue weighted by Crippen LogP contribution is -2.51. The second-order valence-electron chi connectivity index (χ2n) is 6.07. The number of hydrogen-bond acceptors (Lipinski definition) is 4. The van der Waals surface area contributed by atoms with Gasteiger partial charge in [0.2, 0.25) is 5.91 Å². The summed E-state index contributed by atoms with van der Waals surface area (Å²) in [4.78, 5) is 35.8. The Kier molecular flexibility index (Phi) is 5.34. The van der Waals surface area contributed by atoms with Crippen molar-refractivity contribution in [2.45, 2.75) is 18.6 Å². The Morgan fingerprint density at radius 2 is 1.86 bits per heavy atom. The molecule has 0 bridgehead atoms. The zero-order valence-electron chi connectivity index (χ0n) is 14.4. The van der Waals surface area contributed by atoms with Crippen LogP contribution >= 0.6 is 0 Å². The van der Waals surface area contributed by atoms with Gasteiger partial charge in [0.05, 0.1) is 17.8 Å². The molecule has 1 unspecified atom stereocenters. The predicted octanol–water partition coefficient (Wildman–Crippen LogP) is 3.18. The van der Waals surface area contributed by atoms with Gasteiger partial charge in [0.1, 0.15) is 18.1 Å². The number of nitrogens with one attached hydrogen (secondary N) is 1. The van der Waals surface area contributed by atoms with E-state index >= 15 is 0 Å². The van der Waals surface area contributed by atoms with E-state index < -0.39 is 37.1 Å². The quantitative estimate of drug-likeness (QED) is 0.811. The zero-order chi connectivity index (χ0) is 20.3. The minimum absolute atomic E-state index is 0.0550. The molecule has 146 valence electrons. The first-order chi connectivity index (χ1) is 13.3. The van der Waals surface area contributed by atoms with Crippen LogP contribution in [0.2, 0.25) is 0 Å². The normalized spacial score (nSPS) is 16.6. The van der Waals surface area contributed by atoms with Gasteiger partial charge < -0.3 is 10.1 Å². The van der Waals surface area contributed by atoms with E-state index in [1.807, 2.05) is 0 Å². The van der Waals surface area contributed by atoms with Gasteiger partial charge in [-0.1, -0.05) is 12.1 Å². The smallest absolute Gasteiger partial charge is 0.409 e. The number of aldehydes is 1. The van der Waals surface area contributed by atoms with E-state index in [2.05, 4.69) is 5.32 Å². The molecule has 0 fully saturated rings. The summed E-state index contributed by atoms with van der Waals surface area (Å²) in [5, 5.41) is 2.39. The molecule has 1 aliphatic rings. The molecule has 1 heterocycles. The van der Waals surface area contributed by atoms with Crippen LogP contribution < -0.4 is 15.0 Å². The highest BCUT2D eigenvalue weighted by molar-refractivity contribution is 6.05. The van der Waals surface area contributed by atoms with E-state index in [1.165, 1.54) is 42.5 Å². The number of carbonyl (C=O) groups excluding carboxylic acids is 3. The van der Waals surface area contributed by atoms with Crippen LogP contribution in [0.1, 0.15) is 16.8 Å². The minimum atomic E-state index is -4.81. The van der Waals surface area contributed by atoms with Crippen LogP contribution in [-0.4, -0.2) is 36.9 Å². The molecule has 0 saturated heterocycles. The molecule has 6 nitrogen and oxygen atoms in total. The van der Waals surface area contributed by atoms with Crippen LogP contribution in [0.5, 0.6) is 5.75 Å². The maximum atomic E-state index is 13.6. The largest absolute Gasteiger partial charge is 0.484 e. The molecule has 1 aliphatic heterocycles. The SMILES string of the molecule is O=Cc1ccc(OCC(=O)N2c3ccccc3NC(=O)CC2C(F)(F)F)cc1. The van der Waals surface area contributed by atoms with E-state index in [0.29, 0.717) is 16.7 Å². The number of amides is 2. The molecule has 0 saturated carbocycles. The predicted molar refractivity (Wildman–Crippen MR) is 94.3 cm³/mol. The summed E-state index contributed by atoms with van der Waals surface area (Å²) in [5.41, 5.74) is 0.449. The summed E-state index contributed by atoms with van der Waals surface area (Å²) in [5.74, 6) is -1.57. The van der Waals surface area contributed by atoms with Crippen molar-refractivity contribution in [2.75, 3.05) is 16.8 Å². The molecule has 1 N–H and O–H groups in total. The van der Waals surface area contributed by atoms with Crippen molar-refractivity contribution in [1.29, 1.82) is 0 Å². The van der Waals surface area contributed by atoms with Gasteiger partial charge >= 0.3 is 6.18 Å². The average Bonchev–Trinajstić information content (AvgIpc) is 2.82.